The molecule has 2 heterocycles. The highest BCUT2D eigenvalue weighted by Crippen LogP contribution is 2.17. The molecule has 24 heavy (non-hydrogen) atoms. The maximum atomic E-state index is 12.1. The van der Waals surface area contributed by atoms with E-state index in [0.717, 1.165) is 0 Å². The monoisotopic (exact) mass is 356 g/mol. The van der Waals surface area contributed by atoms with E-state index < -0.39 is 27.6 Å². The Balaban J connectivity index is 2.01. The summed E-state index contributed by atoms with van der Waals surface area (Å²) in [7, 11) is -3.86. The Labute approximate surface area is 139 Å². The van der Waals surface area contributed by atoms with Crippen LogP contribution in [0.5, 0.6) is 0 Å². The van der Waals surface area contributed by atoms with Crippen LogP contribution in [0.3, 0.4) is 0 Å². The lowest BCUT2D eigenvalue weighted by molar-refractivity contribution is 0.0869. The van der Waals surface area contributed by atoms with E-state index >= 15 is 0 Å². The van der Waals surface area contributed by atoms with Crippen molar-refractivity contribution in [3.8, 4) is 0 Å². The lowest BCUT2D eigenvalue weighted by atomic mass is 10.1. The summed E-state index contributed by atoms with van der Waals surface area (Å²) in [6.45, 7) is 4.97. The number of furan rings is 2. The smallest absolute Gasteiger partial charge is 0.287 e. The van der Waals surface area contributed by atoms with Crippen LogP contribution in [0.4, 0.5) is 0 Å². The molecule has 0 saturated carbocycles. The predicted octanol–water partition coefficient (Wildman–Crippen LogP) is 1.41. The molecule has 2 rings (SSSR count). The summed E-state index contributed by atoms with van der Waals surface area (Å²) in [6, 6.07) is 5.65. The minimum absolute atomic E-state index is 0.102. The van der Waals surface area contributed by atoms with Gasteiger partial charge in [0.25, 0.3) is 15.9 Å². The van der Waals surface area contributed by atoms with Gasteiger partial charge in [-0.15, -0.1) is 0 Å². The fourth-order valence-corrected chi connectivity index (χ4v) is 3.25. The summed E-state index contributed by atoms with van der Waals surface area (Å²) < 4.78 is 36.8. The number of hydrogen-bond acceptors (Lipinski definition) is 6. The fourth-order valence-electron chi connectivity index (χ4n) is 1.90. The van der Waals surface area contributed by atoms with Crippen LogP contribution >= 0.6 is 0 Å². The van der Waals surface area contributed by atoms with E-state index in [4.69, 9.17) is 8.83 Å². The van der Waals surface area contributed by atoms with Crippen LogP contribution in [-0.2, 0) is 10.0 Å². The second-order valence-electron chi connectivity index (χ2n) is 6.22. The summed E-state index contributed by atoms with van der Waals surface area (Å²) >= 11 is 0. The Morgan fingerprint density at radius 1 is 1.29 bits per heavy atom. The zero-order valence-electron chi connectivity index (χ0n) is 13.6. The van der Waals surface area contributed by atoms with Gasteiger partial charge < -0.3 is 19.3 Å². The zero-order chi connectivity index (χ0) is 18.0. The molecule has 0 bridgehead atoms. The second kappa shape index (κ2) is 6.80. The van der Waals surface area contributed by atoms with Crippen molar-refractivity contribution in [3.05, 3.63) is 42.0 Å². The molecule has 0 aliphatic heterocycles. The molecule has 0 aromatic carbocycles. The van der Waals surface area contributed by atoms with E-state index in [1.54, 1.807) is 32.9 Å². The Hall–Kier alpha value is -2.10. The summed E-state index contributed by atoms with van der Waals surface area (Å²) in [5.74, 6) is -0.499. The number of hydrogen-bond donors (Lipinski definition) is 3. The van der Waals surface area contributed by atoms with Gasteiger partial charge in [-0.1, -0.05) is 0 Å². The summed E-state index contributed by atoms with van der Waals surface area (Å²) in [5, 5.41) is 11.9. The van der Waals surface area contributed by atoms with Gasteiger partial charge in [-0.25, -0.2) is 13.1 Å². The molecule has 132 valence electrons. The molecular formula is C15H20N2O6S. The highest BCUT2D eigenvalue weighted by Gasteiger charge is 2.26. The normalized spacial score (nSPS) is 13.7. The first kappa shape index (κ1) is 18.2. The van der Waals surface area contributed by atoms with Crippen LogP contribution in [0, 0.1) is 0 Å². The molecule has 0 radical (unpaired) electrons. The van der Waals surface area contributed by atoms with Gasteiger partial charge in [0, 0.05) is 5.54 Å². The first-order valence-corrected chi connectivity index (χ1v) is 8.70. The molecular weight excluding hydrogens is 336 g/mol. The highest BCUT2D eigenvalue weighted by molar-refractivity contribution is 7.89. The Morgan fingerprint density at radius 2 is 2.00 bits per heavy atom. The molecule has 0 fully saturated rings. The molecule has 3 N–H and O–H groups in total. The molecule has 1 unspecified atom stereocenters. The minimum atomic E-state index is -3.86. The van der Waals surface area contributed by atoms with Crippen LogP contribution in [-0.4, -0.2) is 31.5 Å². The fraction of sp³-hybridized carbons (Fsp3) is 0.400. The summed E-state index contributed by atoms with van der Waals surface area (Å²) in [6.07, 6.45) is 0.399. The number of amides is 1. The average molecular weight is 356 g/mol. The van der Waals surface area contributed by atoms with Gasteiger partial charge >= 0.3 is 0 Å². The highest BCUT2D eigenvalue weighted by atomic mass is 32.2. The number of carbonyl (C=O) groups excluding carboxylic acids is 1. The SMILES string of the molecule is CC(C)(C)NS(=O)(=O)c1ccc(C(=O)NCC(O)c2ccco2)o1. The van der Waals surface area contributed by atoms with Crippen LogP contribution in [0.25, 0.3) is 0 Å². The number of carbonyl (C=O) groups is 1. The van der Waals surface area contributed by atoms with Crippen molar-refractivity contribution in [2.24, 2.45) is 0 Å². The van der Waals surface area contributed by atoms with Crippen molar-refractivity contribution < 1.29 is 27.2 Å². The molecule has 8 nitrogen and oxygen atoms in total. The lowest BCUT2D eigenvalue weighted by Crippen LogP contribution is -2.40. The number of rotatable bonds is 6. The minimum Gasteiger partial charge on any atom is -0.467 e. The Morgan fingerprint density at radius 3 is 2.58 bits per heavy atom. The van der Waals surface area contributed by atoms with Crippen LogP contribution in [0.15, 0.2) is 44.5 Å². The van der Waals surface area contributed by atoms with Crippen LogP contribution in [0.2, 0.25) is 0 Å². The van der Waals surface area contributed by atoms with Gasteiger partial charge in [0.15, 0.2) is 5.76 Å². The van der Waals surface area contributed by atoms with E-state index in [9.17, 15) is 18.3 Å². The molecule has 9 heteroatoms. The van der Waals surface area contributed by atoms with E-state index in [2.05, 4.69) is 10.0 Å². The van der Waals surface area contributed by atoms with E-state index in [1.807, 2.05) is 0 Å². The first-order valence-electron chi connectivity index (χ1n) is 7.22. The third kappa shape index (κ3) is 4.70. The van der Waals surface area contributed by atoms with Gasteiger partial charge in [-0.05, 0) is 45.0 Å². The maximum Gasteiger partial charge on any atom is 0.287 e. The molecule has 2 aromatic rings. The number of nitrogens with one attached hydrogen (secondary N) is 2. The van der Waals surface area contributed by atoms with Crippen molar-refractivity contribution in [1.29, 1.82) is 0 Å². The average Bonchev–Trinajstić information content (AvgIpc) is 3.12. The molecule has 2 aromatic heterocycles. The van der Waals surface area contributed by atoms with Crippen molar-refractivity contribution >= 4 is 15.9 Å². The third-order valence-electron chi connectivity index (χ3n) is 2.84. The van der Waals surface area contributed by atoms with Crippen molar-refractivity contribution in [2.75, 3.05) is 6.54 Å². The van der Waals surface area contributed by atoms with Crippen LogP contribution < -0.4 is 10.0 Å². The van der Waals surface area contributed by atoms with Gasteiger partial charge in [-0.3, -0.25) is 4.79 Å². The first-order chi connectivity index (χ1) is 11.1. The Kier molecular flexibility index (Phi) is 5.16. The quantitative estimate of drug-likeness (QED) is 0.719. The molecule has 0 saturated heterocycles. The standard InChI is InChI=1S/C15H20N2O6S/c1-15(2,3)17-24(20,21)13-7-6-12(23-13)14(19)16-9-10(18)11-5-4-8-22-11/h4-8,10,17-18H,9H2,1-3H3,(H,16,19). The van der Waals surface area contributed by atoms with E-state index in [0.29, 0.717) is 5.76 Å². The molecule has 0 aliphatic rings. The number of aliphatic hydroxyl groups is 1. The summed E-state index contributed by atoms with van der Waals surface area (Å²) in [4.78, 5) is 12.0. The number of sulfonamides is 1. The molecule has 0 spiro atoms. The van der Waals surface area contributed by atoms with Crippen molar-refractivity contribution in [3.63, 3.8) is 0 Å². The van der Waals surface area contributed by atoms with Crippen molar-refractivity contribution in [1.82, 2.24) is 10.0 Å². The topological polar surface area (TPSA) is 122 Å². The lowest BCUT2D eigenvalue weighted by Gasteiger charge is -2.18. The van der Waals surface area contributed by atoms with E-state index in [-0.39, 0.29) is 17.4 Å². The Bertz CT molecular complexity index is 786. The number of aliphatic hydroxyl groups excluding tert-OH is 1. The van der Waals surface area contributed by atoms with Gasteiger partial charge in [0.2, 0.25) is 5.09 Å². The third-order valence-corrected chi connectivity index (χ3v) is 4.47. The van der Waals surface area contributed by atoms with Crippen molar-refractivity contribution in [2.45, 2.75) is 37.5 Å². The zero-order valence-corrected chi connectivity index (χ0v) is 14.4. The maximum absolute atomic E-state index is 12.1. The van der Waals surface area contributed by atoms with E-state index in [1.165, 1.54) is 18.4 Å². The van der Waals surface area contributed by atoms with Gasteiger partial charge in [0.05, 0.1) is 12.8 Å². The van der Waals surface area contributed by atoms with Gasteiger partial charge in [0.1, 0.15) is 11.9 Å². The largest absolute Gasteiger partial charge is 0.467 e. The summed E-state index contributed by atoms with van der Waals surface area (Å²) in [5.41, 5.74) is -0.679. The van der Waals surface area contributed by atoms with Crippen LogP contribution in [0.1, 0.15) is 43.2 Å². The molecule has 0 aliphatic carbocycles. The predicted molar refractivity (Wildman–Crippen MR) is 84.8 cm³/mol. The molecule has 1 atom stereocenters. The van der Waals surface area contributed by atoms with Gasteiger partial charge in [-0.2, -0.15) is 0 Å². The second-order valence-corrected chi connectivity index (χ2v) is 7.83. The molecule has 1 amide bonds.